The largest absolute Gasteiger partial charge is 0.395 e. The van der Waals surface area contributed by atoms with E-state index in [-0.39, 0.29) is 13.2 Å². The van der Waals surface area contributed by atoms with Gasteiger partial charge in [-0.2, -0.15) is 0 Å². The van der Waals surface area contributed by atoms with Crippen molar-refractivity contribution >= 4 is 0 Å². The SMILES string of the molecule is CN(C)CCN(C)CCN(CCO)CCN(C)CCO. The summed E-state index contributed by atoms with van der Waals surface area (Å²) < 4.78 is 0. The molecule has 0 aromatic carbocycles. The summed E-state index contributed by atoms with van der Waals surface area (Å²) in [4.78, 5) is 8.90. The first-order valence-electron chi connectivity index (χ1n) is 7.45. The van der Waals surface area contributed by atoms with Crippen LogP contribution in [0.2, 0.25) is 0 Å². The molecule has 0 spiro atoms. The molecule has 0 aliphatic heterocycles. The molecule has 0 aliphatic carbocycles. The van der Waals surface area contributed by atoms with Crippen LogP contribution in [0.4, 0.5) is 0 Å². The molecule has 0 fully saturated rings. The summed E-state index contributed by atoms with van der Waals surface area (Å²) in [5.41, 5.74) is 0. The van der Waals surface area contributed by atoms with Crippen molar-refractivity contribution in [2.75, 3.05) is 93.8 Å². The van der Waals surface area contributed by atoms with Crippen LogP contribution in [0.25, 0.3) is 0 Å². The number of hydrogen-bond donors (Lipinski definition) is 2. The van der Waals surface area contributed by atoms with Gasteiger partial charge >= 0.3 is 0 Å². The van der Waals surface area contributed by atoms with Crippen molar-refractivity contribution in [3.05, 3.63) is 0 Å². The third-order valence-corrected chi connectivity index (χ3v) is 3.42. The zero-order valence-electron chi connectivity index (χ0n) is 13.8. The van der Waals surface area contributed by atoms with Gasteiger partial charge in [-0.25, -0.2) is 0 Å². The number of aliphatic hydroxyl groups is 2. The lowest BCUT2D eigenvalue weighted by molar-refractivity contribution is 0.152. The van der Waals surface area contributed by atoms with Crippen LogP contribution in [0.15, 0.2) is 0 Å². The molecule has 0 amide bonds. The van der Waals surface area contributed by atoms with Gasteiger partial charge in [-0.3, -0.25) is 4.90 Å². The maximum atomic E-state index is 9.13. The van der Waals surface area contributed by atoms with Gasteiger partial charge in [0.25, 0.3) is 0 Å². The summed E-state index contributed by atoms with van der Waals surface area (Å²) in [6, 6.07) is 0. The van der Waals surface area contributed by atoms with E-state index in [9.17, 15) is 0 Å². The van der Waals surface area contributed by atoms with Crippen LogP contribution in [-0.4, -0.2) is 124 Å². The minimum absolute atomic E-state index is 0.198. The molecule has 0 saturated heterocycles. The summed E-state index contributed by atoms with van der Waals surface area (Å²) in [6.07, 6.45) is 0. The molecule has 0 heterocycles. The molecule has 0 unspecified atom stereocenters. The van der Waals surface area contributed by atoms with E-state index in [1.165, 1.54) is 0 Å². The van der Waals surface area contributed by atoms with Gasteiger partial charge in [0.15, 0.2) is 0 Å². The molecule has 20 heavy (non-hydrogen) atoms. The molecular weight excluding hydrogens is 256 g/mol. The van der Waals surface area contributed by atoms with Crippen LogP contribution < -0.4 is 0 Å². The lowest BCUT2D eigenvalue weighted by Crippen LogP contribution is -2.41. The Hall–Kier alpha value is -0.240. The van der Waals surface area contributed by atoms with Crippen LogP contribution in [0.1, 0.15) is 0 Å². The number of hydrogen-bond acceptors (Lipinski definition) is 6. The molecule has 0 rings (SSSR count). The zero-order chi connectivity index (χ0) is 15.4. The lowest BCUT2D eigenvalue weighted by atomic mass is 10.4. The van der Waals surface area contributed by atoms with Gasteiger partial charge in [0, 0.05) is 52.4 Å². The molecule has 122 valence electrons. The van der Waals surface area contributed by atoms with Crippen molar-refractivity contribution in [3.8, 4) is 0 Å². The Kier molecular flexibility index (Phi) is 12.3. The molecule has 0 atom stereocenters. The van der Waals surface area contributed by atoms with E-state index in [0.717, 1.165) is 39.3 Å². The fourth-order valence-corrected chi connectivity index (χ4v) is 1.87. The first-order chi connectivity index (χ1) is 9.49. The maximum absolute atomic E-state index is 9.13. The van der Waals surface area contributed by atoms with Crippen molar-refractivity contribution in [3.63, 3.8) is 0 Å². The molecule has 2 N–H and O–H groups in total. The standard InChI is InChI=1S/C14H34N4O2/c1-15(2)5-6-16(3)7-9-18(12-14-20)10-8-17(4)11-13-19/h19-20H,5-14H2,1-4H3. The molecule has 0 aromatic rings. The highest BCUT2D eigenvalue weighted by Gasteiger charge is 2.08. The Morgan fingerprint density at radius 3 is 1.45 bits per heavy atom. The van der Waals surface area contributed by atoms with Crippen molar-refractivity contribution < 1.29 is 10.2 Å². The molecule has 6 heteroatoms. The summed E-state index contributed by atoms with van der Waals surface area (Å²) in [7, 11) is 8.32. The normalized spacial score (nSPS) is 12.3. The highest BCUT2D eigenvalue weighted by molar-refractivity contribution is 4.64. The Bertz CT molecular complexity index is 217. The van der Waals surface area contributed by atoms with E-state index in [1.807, 2.05) is 7.05 Å². The predicted molar refractivity (Wildman–Crippen MR) is 84.2 cm³/mol. The first-order valence-corrected chi connectivity index (χ1v) is 7.45. The lowest BCUT2D eigenvalue weighted by Gasteiger charge is -2.27. The van der Waals surface area contributed by atoms with Gasteiger partial charge in [0.2, 0.25) is 0 Å². The quantitative estimate of drug-likeness (QED) is 0.440. The molecule has 6 nitrogen and oxygen atoms in total. The molecule has 0 radical (unpaired) electrons. The van der Waals surface area contributed by atoms with Crippen LogP contribution >= 0.6 is 0 Å². The third kappa shape index (κ3) is 11.6. The van der Waals surface area contributed by atoms with E-state index in [4.69, 9.17) is 10.2 Å². The van der Waals surface area contributed by atoms with Crippen LogP contribution in [0.5, 0.6) is 0 Å². The second kappa shape index (κ2) is 12.5. The average molecular weight is 290 g/mol. The second-order valence-corrected chi connectivity index (χ2v) is 5.70. The Labute approximate surface area is 124 Å². The predicted octanol–water partition coefficient (Wildman–Crippen LogP) is -1.30. The van der Waals surface area contributed by atoms with Gasteiger partial charge in [0.1, 0.15) is 0 Å². The zero-order valence-corrected chi connectivity index (χ0v) is 13.8. The maximum Gasteiger partial charge on any atom is 0.0558 e. The second-order valence-electron chi connectivity index (χ2n) is 5.70. The van der Waals surface area contributed by atoms with E-state index in [1.54, 1.807) is 0 Å². The molecule has 0 aromatic heterocycles. The topological polar surface area (TPSA) is 53.4 Å². The minimum atomic E-state index is 0.198. The van der Waals surface area contributed by atoms with Gasteiger partial charge in [0.05, 0.1) is 13.2 Å². The van der Waals surface area contributed by atoms with Gasteiger partial charge in [-0.15, -0.1) is 0 Å². The molecule has 0 aliphatic rings. The highest BCUT2D eigenvalue weighted by Crippen LogP contribution is 1.93. The molecule has 0 saturated carbocycles. The number of rotatable bonds is 13. The van der Waals surface area contributed by atoms with Crippen LogP contribution in [-0.2, 0) is 0 Å². The summed E-state index contributed by atoms with van der Waals surface area (Å²) in [5.74, 6) is 0. The van der Waals surface area contributed by atoms with E-state index >= 15 is 0 Å². The third-order valence-electron chi connectivity index (χ3n) is 3.42. The molecular formula is C14H34N4O2. The van der Waals surface area contributed by atoms with Gasteiger partial charge in [-0.05, 0) is 28.2 Å². The number of nitrogens with zero attached hydrogens (tertiary/aromatic N) is 4. The number of likely N-dealkylation sites (N-methyl/N-ethyl adjacent to an activating group) is 3. The minimum Gasteiger partial charge on any atom is -0.395 e. The van der Waals surface area contributed by atoms with Gasteiger partial charge < -0.3 is 24.9 Å². The fraction of sp³-hybridized carbons (Fsp3) is 1.00. The van der Waals surface area contributed by atoms with Crippen LogP contribution in [0, 0.1) is 0 Å². The summed E-state index contributed by atoms with van der Waals surface area (Å²) in [5, 5.41) is 18.0. The summed E-state index contributed by atoms with van der Waals surface area (Å²) >= 11 is 0. The molecule has 0 bridgehead atoms. The Morgan fingerprint density at radius 2 is 1.00 bits per heavy atom. The van der Waals surface area contributed by atoms with Gasteiger partial charge in [-0.1, -0.05) is 0 Å². The van der Waals surface area contributed by atoms with E-state index in [0.29, 0.717) is 13.1 Å². The monoisotopic (exact) mass is 290 g/mol. The van der Waals surface area contributed by atoms with Crippen molar-refractivity contribution in [2.24, 2.45) is 0 Å². The first kappa shape index (κ1) is 19.8. The number of aliphatic hydroxyl groups excluding tert-OH is 2. The van der Waals surface area contributed by atoms with Crippen molar-refractivity contribution in [1.29, 1.82) is 0 Å². The van der Waals surface area contributed by atoms with Crippen molar-refractivity contribution in [1.82, 2.24) is 19.6 Å². The van der Waals surface area contributed by atoms with Crippen molar-refractivity contribution in [2.45, 2.75) is 0 Å². The van der Waals surface area contributed by atoms with E-state index < -0.39 is 0 Å². The fourth-order valence-electron chi connectivity index (χ4n) is 1.87. The average Bonchev–Trinajstić information content (AvgIpc) is 2.39. The Balaban J connectivity index is 3.88. The smallest absolute Gasteiger partial charge is 0.0558 e. The summed E-state index contributed by atoms with van der Waals surface area (Å²) in [6.45, 7) is 7.77. The van der Waals surface area contributed by atoms with E-state index in [2.05, 4.69) is 40.7 Å². The van der Waals surface area contributed by atoms with Crippen LogP contribution in [0.3, 0.4) is 0 Å². The Morgan fingerprint density at radius 1 is 0.550 bits per heavy atom. The highest BCUT2D eigenvalue weighted by atomic mass is 16.3.